The molecule has 0 saturated heterocycles. The number of fused-ring (bicyclic) bond motifs is 1. The first-order chi connectivity index (χ1) is 14.2. The Morgan fingerprint density at radius 1 is 1.30 bits per heavy atom. The fraction of sp³-hybridized carbons (Fsp3) is 0.385. The second-order valence-corrected chi connectivity index (χ2v) is 8.92. The van der Waals surface area contributed by atoms with Gasteiger partial charge in [-0.15, -0.1) is 0 Å². The van der Waals surface area contributed by atoms with Gasteiger partial charge in [0.15, 0.2) is 0 Å². The van der Waals surface area contributed by atoms with Crippen LogP contribution in [0.3, 0.4) is 0 Å². The predicted molar refractivity (Wildman–Crippen MR) is 125 cm³/mol. The Kier molecular flexibility index (Phi) is 6.03. The minimum atomic E-state index is -0.384. The number of hydrogen-bond donors (Lipinski definition) is 1. The van der Waals surface area contributed by atoms with Crippen LogP contribution in [-0.4, -0.2) is 18.5 Å². The van der Waals surface area contributed by atoms with Crippen molar-refractivity contribution in [2.24, 2.45) is 0 Å². The molecule has 0 bridgehead atoms. The molecule has 0 radical (unpaired) electrons. The lowest BCUT2D eigenvalue weighted by Gasteiger charge is -2.45. The van der Waals surface area contributed by atoms with Gasteiger partial charge in [0.2, 0.25) is 0 Å². The van der Waals surface area contributed by atoms with Gasteiger partial charge >= 0.3 is 0 Å². The van der Waals surface area contributed by atoms with Crippen molar-refractivity contribution in [3.63, 3.8) is 0 Å². The summed E-state index contributed by atoms with van der Waals surface area (Å²) in [6.07, 6.45) is 3.71. The first-order valence-electron chi connectivity index (χ1n) is 10.6. The van der Waals surface area contributed by atoms with Crippen molar-refractivity contribution < 1.29 is 4.79 Å². The number of hydrogen-bond acceptors (Lipinski definition) is 3. The number of nitriles is 1. The van der Waals surface area contributed by atoms with E-state index in [1.165, 1.54) is 16.8 Å². The third kappa shape index (κ3) is 4.26. The first-order valence-corrected chi connectivity index (χ1v) is 10.6. The number of anilines is 2. The van der Waals surface area contributed by atoms with Gasteiger partial charge in [0.05, 0.1) is 0 Å². The molecule has 4 heteroatoms. The van der Waals surface area contributed by atoms with Crippen molar-refractivity contribution >= 4 is 23.4 Å². The minimum absolute atomic E-state index is 0.0985. The van der Waals surface area contributed by atoms with E-state index >= 15 is 0 Å². The number of nitrogens with one attached hydrogen (secondary N) is 1. The summed E-state index contributed by atoms with van der Waals surface area (Å²) >= 11 is 0. The Hall–Kier alpha value is -3.06. The van der Waals surface area contributed by atoms with Crippen LogP contribution in [0.1, 0.15) is 62.3 Å². The molecule has 30 heavy (non-hydrogen) atoms. The standard InChI is InChI=1S/C26H31N3O/c1-7-19-8-10-22(11-9-19)28-25(30)21(16-27)13-20-14-23-18(3)15-26(4,5)29(6)24(23)12-17(20)2/h8-14,18H,7,15H2,1-6H3,(H,28,30)/b21-13-. The van der Waals surface area contributed by atoms with Crippen LogP contribution in [0.4, 0.5) is 11.4 Å². The Morgan fingerprint density at radius 3 is 2.57 bits per heavy atom. The zero-order valence-corrected chi connectivity index (χ0v) is 18.8. The van der Waals surface area contributed by atoms with Crippen molar-refractivity contribution in [3.8, 4) is 6.07 Å². The van der Waals surface area contributed by atoms with E-state index in [2.05, 4.69) is 63.2 Å². The Balaban J connectivity index is 1.91. The number of nitrogens with zero attached hydrogens (tertiary/aromatic N) is 2. The molecular formula is C26H31N3O. The largest absolute Gasteiger partial charge is 0.369 e. The third-order valence-electron chi connectivity index (χ3n) is 6.31. The zero-order chi connectivity index (χ0) is 22.1. The molecular weight excluding hydrogens is 370 g/mol. The highest BCUT2D eigenvalue weighted by molar-refractivity contribution is 6.09. The van der Waals surface area contributed by atoms with Gasteiger partial charge in [0.25, 0.3) is 5.91 Å². The van der Waals surface area contributed by atoms with E-state index in [0.29, 0.717) is 11.6 Å². The molecule has 2 aromatic carbocycles. The van der Waals surface area contributed by atoms with Crippen molar-refractivity contribution in [2.45, 2.75) is 58.9 Å². The summed E-state index contributed by atoms with van der Waals surface area (Å²) in [6.45, 7) is 10.9. The van der Waals surface area contributed by atoms with Crippen LogP contribution in [-0.2, 0) is 11.2 Å². The lowest BCUT2D eigenvalue weighted by molar-refractivity contribution is -0.112. The highest BCUT2D eigenvalue weighted by atomic mass is 16.1. The smallest absolute Gasteiger partial charge is 0.266 e. The molecule has 0 fully saturated rings. The van der Waals surface area contributed by atoms with Crippen LogP contribution >= 0.6 is 0 Å². The molecule has 156 valence electrons. The maximum absolute atomic E-state index is 12.7. The van der Waals surface area contributed by atoms with E-state index in [0.717, 1.165) is 24.0 Å². The summed E-state index contributed by atoms with van der Waals surface area (Å²) < 4.78 is 0. The number of rotatable bonds is 4. The summed E-state index contributed by atoms with van der Waals surface area (Å²) in [6, 6.07) is 14.1. The summed E-state index contributed by atoms with van der Waals surface area (Å²) in [5.74, 6) is 0.0283. The van der Waals surface area contributed by atoms with Gasteiger partial charge in [-0.25, -0.2) is 0 Å². The van der Waals surface area contributed by atoms with Crippen molar-refractivity contribution in [3.05, 3.63) is 64.2 Å². The monoisotopic (exact) mass is 401 g/mol. The molecule has 1 aliphatic heterocycles. The fourth-order valence-electron chi connectivity index (χ4n) is 4.22. The summed E-state index contributed by atoms with van der Waals surface area (Å²) in [5, 5.41) is 12.5. The molecule has 2 aromatic rings. The molecule has 0 aliphatic carbocycles. The van der Waals surface area contributed by atoms with Crippen LogP contribution in [0.25, 0.3) is 6.08 Å². The molecule has 1 amide bonds. The van der Waals surface area contributed by atoms with E-state index in [9.17, 15) is 10.1 Å². The molecule has 0 aromatic heterocycles. The second-order valence-electron chi connectivity index (χ2n) is 8.92. The molecule has 1 unspecified atom stereocenters. The fourth-order valence-corrected chi connectivity index (χ4v) is 4.22. The Bertz CT molecular complexity index is 1030. The van der Waals surface area contributed by atoms with Gasteiger partial charge in [-0.05, 0) is 92.1 Å². The van der Waals surface area contributed by atoms with Crippen molar-refractivity contribution in [1.82, 2.24) is 0 Å². The van der Waals surface area contributed by atoms with Gasteiger partial charge in [-0.1, -0.05) is 26.0 Å². The Morgan fingerprint density at radius 2 is 1.97 bits per heavy atom. The molecule has 0 spiro atoms. The van der Waals surface area contributed by atoms with Gasteiger partial charge in [-0.2, -0.15) is 5.26 Å². The number of aryl methyl sites for hydroxylation is 2. The van der Waals surface area contributed by atoms with Crippen LogP contribution in [0.5, 0.6) is 0 Å². The molecule has 3 rings (SSSR count). The van der Waals surface area contributed by atoms with Crippen molar-refractivity contribution in [1.29, 1.82) is 5.26 Å². The molecule has 1 aliphatic rings. The topological polar surface area (TPSA) is 56.1 Å². The van der Waals surface area contributed by atoms with Crippen LogP contribution in [0.15, 0.2) is 42.0 Å². The van der Waals surface area contributed by atoms with Gasteiger partial charge in [-0.3, -0.25) is 4.79 Å². The lowest BCUT2D eigenvalue weighted by atomic mass is 9.79. The minimum Gasteiger partial charge on any atom is -0.369 e. The molecule has 4 nitrogen and oxygen atoms in total. The predicted octanol–water partition coefficient (Wildman–Crippen LogP) is 5.83. The average Bonchev–Trinajstić information content (AvgIpc) is 2.71. The van der Waals surface area contributed by atoms with Crippen LogP contribution in [0.2, 0.25) is 0 Å². The van der Waals surface area contributed by atoms with E-state index in [4.69, 9.17) is 0 Å². The Labute approximate surface area is 180 Å². The SMILES string of the molecule is CCc1ccc(NC(=O)/C(C#N)=C\c2cc3c(cc2C)N(C)C(C)(C)CC3C)cc1. The third-order valence-corrected chi connectivity index (χ3v) is 6.31. The number of benzene rings is 2. The summed E-state index contributed by atoms with van der Waals surface area (Å²) in [5.41, 5.74) is 6.57. The van der Waals surface area contributed by atoms with Gasteiger partial charge < -0.3 is 10.2 Å². The lowest BCUT2D eigenvalue weighted by Crippen LogP contribution is -2.45. The molecule has 1 heterocycles. The number of carbonyl (C=O) groups is 1. The van der Waals surface area contributed by atoms with Gasteiger partial charge in [0, 0.05) is 24.0 Å². The normalized spacial score (nSPS) is 17.8. The maximum atomic E-state index is 12.7. The quantitative estimate of drug-likeness (QED) is 0.518. The van der Waals surface area contributed by atoms with E-state index in [1.54, 1.807) is 6.08 Å². The maximum Gasteiger partial charge on any atom is 0.266 e. The second kappa shape index (κ2) is 8.36. The van der Waals surface area contributed by atoms with E-state index in [-0.39, 0.29) is 17.0 Å². The summed E-state index contributed by atoms with van der Waals surface area (Å²) in [4.78, 5) is 15.0. The molecule has 0 saturated carbocycles. The average molecular weight is 402 g/mol. The van der Waals surface area contributed by atoms with E-state index in [1.807, 2.05) is 31.2 Å². The first kappa shape index (κ1) is 21.6. The zero-order valence-electron chi connectivity index (χ0n) is 18.8. The molecule has 1 atom stereocenters. The molecule has 1 N–H and O–H groups in total. The highest BCUT2D eigenvalue weighted by Gasteiger charge is 2.34. The van der Waals surface area contributed by atoms with Gasteiger partial charge in [0.1, 0.15) is 11.6 Å². The van der Waals surface area contributed by atoms with E-state index < -0.39 is 0 Å². The highest BCUT2D eigenvalue weighted by Crippen LogP contribution is 2.43. The number of carbonyl (C=O) groups excluding carboxylic acids is 1. The summed E-state index contributed by atoms with van der Waals surface area (Å²) in [7, 11) is 2.14. The van der Waals surface area contributed by atoms with Crippen LogP contribution < -0.4 is 10.2 Å². The van der Waals surface area contributed by atoms with Crippen molar-refractivity contribution in [2.75, 3.05) is 17.3 Å². The number of amides is 1. The van der Waals surface area contributed by atoms with Crippen LogP contribution in [0, 0.1) is 18.3 Å².